The standard InChI is InChI=1S/C12H6Br2Cl2O/c13-6-3-9(12(14)11(17)4-6)8-5-7(15)1-2-10(8)16/h1-5,17H. The Morgan fingerprint density at radius 1 is 0.941 bits per heavy atom. The molecule has 5 heteroatoms. The van der Waals surface area contributed by atoms with E-state index in [0.29, 0.717) is 14.5 Å². The first-order chi connectivity index (χ1) is 7.99. The lowest BCUT2D eigenvalue weighted by Crippen LogP contribution is -1.83. The van der Waals surface area contributed by atoms with Crippen LogP contribution >= 0.6 is 55.1 Å². The molecule has 0 radical (unpaired) electrons. The van der Waals surface area contributed by atoms with E-state index in [1.54, 1.807) is 24.3 Å². The Kier molecular flexibility index (Phi) is 4.03. The molecule has 0 saturated heterocycles. The fraction of sp³-hybridized carbons (Fsp3) is 0. The maximum Gasteiger partial charge on any atom is 0.131 e. The third-order valence-corrected chi connectivity index (χ3v) is 4.09. The number of halogens is 4. The summed E-state index contributed by atoms with van der Waals surface area (Å²) in [5.74, 6) is 0.144. The summed E-state index contributed by atoms with van der Waals surface area (Å²) in [6, 6.07) is 8.67. The Balaban J connectivity index is 2.72. The van der Waals surface area contributed by atoms with Gasteiger partial charge in [-0.1, -0.05) is 39.1 Å². The van der Waals surface area contributed by atoms with E-state index in [1.165, 1.54) is 0 Å². The number of rotatable bonds is 1. The Morgan fingerprint density at radius 3 is 2.35 bits per heavy atom. The minimum Gasteiger partial charge on any atom is -0.507 e. The molecule has 17 heavy (non-hydrogen) atoms. The van der Waals surface area contributed by atoms with Crippen LogP contribution in [0.1, 0.15) is 0 Å². The predicted octanol–water partition coefficient (Wildman–Crippen LogP) is 5.89. The van der Waals surface area contributed by atoms with E-state index >= 15 is 0 Å². The summed E-state index contributed by atoms with van der Waals surface area (Å²) in [5.41, 5.74) is 1.55. The molecule has 0 aliphatic heterocycles. The van der Waals surface area contributed by atoms with Crippen LogP contribution in [0.2, 0.25) is 10.0 Å². The Morgan fingerprint density at radius 2 is 1.65 bits per heavy atom. The molecule has 2 rings (SSSR count). The van der Waals surface area contributed by atoms with Gasteiger partial charge in [0.05, 0.1) is 4.47 Å². The largest absolute Gasteiger partial charge is 0.507 e. The van der Waals surface area contributed by atoms with E-state index in [4.69, 9.17) is 23.2 Å². The Hall–Kier alpha value is -0.220. The second-order valence-electron chi connectivity index (χ2n) is 3.41. The zero-order valence-corrected chi connectivity index (χ0v) is 13.0. The molecular formula is C12H6Br2Cl2O. The van der Waals surface area contributed by atoms with Crippen molar-refractivity contribution in [2.24, 2.45) is 0 Å². The Bertz CT molecular complexity index is 585. The van der Waals surface area contributed by atoms with Crippen molar-refractivity contribution in [2.75, 3.05) is 0 Å². The van der Waals surface area contributed by atoms with Gasteiger partial charge in [0.1, 0.15) is 5.75 Å². The third kappa shape index (κ3) is 2.79. The number of aromatic hydroxyl groups is 1. The van der Waals surface area contributed by atoms with E-state index in [0.717, 1.165) is 15.6 Å². The number of benzene rings is 2. The van der Waals surface area contributed by atoms with E-state index in [2.05, 4.69) is 31.9 Å². The number of hydrogen-bond donors (Lipinski definition) is 1. The van der Waals surface area contributed by atoms with Crippen LogP contribution in [0.3, 0.4) is 0 Å². The van der Waals surface area contributed by atoms with Gasteiger partial charge in [0.2, 0.25) is 0 Å². The van der Waals surface area contributed by atoms with Gasteiger partial charge >= 0.3 is 0 Å². The van der Waals surface area contributed by atoms with Crippen molar-refractivity contribution >= 4 is 55.1 Å². The van der Waals surface area contributed by atoms with Gasteiger partial charge < -0.3 is 5.11 Å². The van der Waals surface area contributed by atoms with Gasteiger partial charge in [-0.05, 0) is 46.3 Å². The van der Waals surface area contributed by atoms with Crippen molar-refractivity contribution < 1.29 is 5.11 Å². The zero-order chi connectivity index (χ0) is 12.6. The molecule has 0 atom stereocenters. The van der Waals surface area contributed by atoms with Crippen molar-refractivity contribution in [3.05, 3.63) is 49.3 Å². The molecule has 0 spiro atoms. The van der Waals surface area contributed by atoms with Crippen LogP contribution in [0.15, 0.2) is 39.3 Å². The van der Waals surface area contributed by atoms with Crippen molar-refractivity contribution in [1.29, 1.82) is 0 Å². The van der Waals surface area contributed by atoms with E-state index < -0.39 is 0 Å². The lowest BCUT2D eigenvalue weighted by molar-refractivity contribution is 0.472. The maximum atomic E-state index is 9.75. The minimum absolute atomic E-state index is 0.144. The molecule has 0 bridgehead atoms. The lowest BCUT2D eigenvalue weighted by atomic mass is 10.1. The molecule has 88 valence electrons. The summed E-state index contributed by atoms with van der Waals surface area (Å²) < 4.78 is 1.36. The molecule has 0 amide bonds. The van der Waals surface area contributed by atoms with Crippen LogP contribution < -0.4 is 0 Å². The van der Waals surface area contributed by atoms with Gasteiger partial charge in [-0.2, -0.15) is 0 Å². The van der Waals surface area contributed by atoms with E-state index in [-0.39, 0.29) is 5.75 Å². The van der Waals surface area contributed by atoms with Gasteiger partial charge in [0.25, 0.3) is 0 Å². The summed E-state index contributed by atoms with van der Waals surface area (Å²) in [5, 5.41) is 10.9. The van der Waals surface area contributed by atoms with Crippen LogP contribution in [0.4, 0.5) is 0 Å². The molecule has 2 aromatic carbocycles. The van der Waals surface area contributed by atoms with Gasteiger partial charge in [-0.3, -0.25) is 0 Å². The molecule has 0 fully saturated rings. The summed E-state index contributed by atoms with van der Waals surface area (Å²) in [4.78, 5) is 0. The van der Waals surface area contributed by atoms with Crippen molar-refractivity contribution in [1.82, 2.24) is 0 Å². The first-order valence-electron chi connectivity index (χ1n) is 4.62. The SMILES string of the molecule is Oc1cc(Br)cc(-c2cc(Cl)ccc2Cl)c1Br. The molecule has 0 heterocycles. The average molecular weight is 397 g/mol. The third-order valence-electron chi connectivity index (χ3n) is 2.24. The summed E-state index contributed by atoms with van der Waals surface area (Å²) in [7, 11) is 0. The Labute approximate surface area is 126 Å². The van der Waals surface area contributed by atoms with E-state index in [9.17, 15) is 5.11 Å². The number of phenolic OH excluding ortho intramolecular Hbond substituents is 1. The van der Waals surface area contributed by atoms with Crippen LogP contribution in [-0.4, -0.2) is 5.11 Å². The average Bonchev–Trinajstić information content (AvgIpc) is 2.27. The van der Waals surface area contributed by atoms with Crippen LogP contribution in [0, 0.1) is 0 Å². The predicted molar refractivity (Wildman–Crippen MR) is 79.0 cm³/mol. The lowest BCUT2D eigenvalue weighted by Gasteiger charge is -2.10. The quantitative estimate of drug-likeness (QED) is 0.637. The second-order valence-corrected chi connectivity index (χ2v) is 5.96. The molecule has 0 aliphatic carbocycles. The van der Waals surface area contributed by atoms with Crippen molar-refractivity contribution in [2.45, 2.75) is 0 Å². The van der Waals surface area contributed by atoms with Gasteiger partial charge in [-0.15, -0.1) is 0 Å². The van der Waals surface area contributed by atoms with Gasteiger partial charge in [0.15, 0.2) is 0 Å². The minimum atomic E-state index is 0.144. The monoisotopic (exact) mass is 394 g/mol. The van der Waals surface area contributed by atoms with E-state index in [1.807, 2.05) is 6.07 Å². The molecule has 0 aromatic heterocycles. The fourth-order valence-corrected chi connectivity index (χ4v) is 2.75. The molecule has 1 nitrogen and oxygen atoms in total. The second kappa shape index (κ2) is 5.19. The summed E-state index contributed by atoms with van der Waals surface area (Å²) in [6.45, 7) is 0. The van der Waals surface area contributed by atoms with Gasteiger partial charge in [0, 0.05) is 25.6 Å². The first-order valence-corrected chi connectivity index (χ1v) is 6.96. The number of hydrogen-bond acceptors (Lipinski definition) is 1. The summed E-state index contributed by atoms with van der Waals surface area (Å²) >= 11 is 18.7. The van der Waals surface area contributed by atoms with Gasteiger partial charge in [-0.25, -0.2) is 0 Å². The highest BCUT2D eigenvalue weighted by Crippen LogP contribution is 2.41. The molecule has 2 aromatic rings. The van der Waals surface area contributed by atoms with Crippen molar-refractivity contribution in [3.8, 4) is 16.9 Å². The molecule has 1 N–H and O–H groups in total. The van der Waals surface area contributed by atoms with Crippen molar-refractivity contribution in [3.63, 3.8) is 0 Å². The first kappa shape index (κ1) is 13.2. The molecule has 0 saturated carbocycles. The van der Waals surface area contributed by atoms with Crippen LogP contribution in [0.5, 0.6) is 5.75 Å². The number of phenols is 1. The fourth-order valence-electron chi connectivity index (χ4n) is 1.47. The normalized spacial score (nSPS) is 10.6. The molecule has 0 unspecified atom stereocenters. The highest BCUT2D eigenvalue weighted by atomic mass is 79.9. The highest BCUT2D eigenvalue weighted by molar-refractivity contribution is 9.11. The molecular weight excluding hydrogens is 391 g/mol. The topological polar surface area (TPSA) is 20.2 Å². The molecule has 0 aliphatic rings. The highest BCUT2D eigenvalue weighted by Gasteiger charge is 2.12. The summed E-state index contributed by atoms with van der Waals surface area (Å²) in [6.07, 6.45) is 0. The maximum absolute atomic E-state index is 9.75. The van der Waals surface area contributed by atoms with Crippen LogP contribution in [0.25, 0.3) is 11.1 Å². The van der Waals surface area contributed by atoms with Crippen LogP contribution in [-0.2, 0) is 0 Å². The zero-order valence-electron chi connectivity index (χ0n) is 8.35. The smallest absolute Gasteiger partial charge is 0.131 e.